The molecule has 1 amide bonds. The van der Waals surface area contributed by atoms with Gasteiger partial charge in [-0.05, 0) is 42.9 Å². The maximum atomic E-state index is 13.5. The third-order valence-electron chi connectivity index (χ3n) is 5.67. The van der Waals surface area contributed by atoms with Crippen molar-refractivity contribution in [2.24, 2.45) is 11.8 Å². The number of aromatic nitrogens is 2. The highest BCUT2D eigenvalue weighted by molar-refractivity contribution is 8.26. The smallest absolute Gasteiger partial charge is 0.323 e. The average molecular weight is 473 g/mol. The average Bonchev–Trinajstić information content (AvgIpc) is 2.96. The standard InChI is InChI=1S/C22H24N4O4S2/c1-12-7-13(2)10-24(9-12)19-15(20(29)25-6-4-5-14(3)18(25)23-19)8-16-21(30)26(11-17(27)28)22(31)32-16/h4-6,8,12-13H,7,9-11H2,1-3H3,(H,27,28)/b16-8-/t12-,13-/m1/s1. The van der Waals surface area contributed by atoms with Crippen LogP contribution in [0.25, 0.3) is 11.7 Å². The normalized spacial score (nSPS) is 22.9. The van der Waals surface area contributed by atoms with Crippen LogP contribution in [-0.4, -0.2) is 55.2 Å². The summed E-state index contributed by atoms with van der Waals surface area (Å²) >= 11 is 6.20. The number of carboxylic acid groups (broad SMARTS) is 1. The van der Waals surface area contributed by atoms with Crippen LogP contribution in [0.5, 0.6) is 0 Å². The molecule has 0 aromatic carbocycles. The van der Waals surface area contributed by atoms with Gasteiger partial charge in [-0.25, -0.2) is 4.98 Å². The SMILES string of the molecule is Cc1cccn2c(=O)c(/C=C3\SC(=S)N(CC(=O)O)C3=O)c(N3C[C@H](C)C[C@@H](C)C3)nc12. The zero-order valence-corrected chi connectivity index (χ0v) is 19.7. The Morgan fingerprint density at radius 2 is 2.00 bits per heavy atom. The minimum absolute atomic E-state index is 0.162. The van der Waals surface area contributed by atoms with E-state index in [1.807, 2.05) is 13.0 Å². The first-order valence-corrected chi connectivity index (χ1v) is 11.6. The van der Waals surface area contributed by atoms with Crippen molar-refractivity contribution in [2.45, 2.75) is 27.2 Å². The van der Waals surface area contributed by atoms with Crippen molar-refractivity contribution in [3.8, 4) is 0 Å². The summed E-state index contributed by atoms with van der Waals surface area (Å²) in [4.78, 5) is 45.7. The molecule has 0 aliphatic carbocycles. The Morgan fingerprint density at radius 1 is 1.31 bits per heavy atom. The molecular weight excluding hydrogens is 448 g/mol. The van der Waals surface area contributed by atoms with Gasteiger partial charge in [0.1, 0.15) is 22.3 Å². The van der Waals surface area contributed by atoms with Gasteiger partial charge in [0, 0.05) is 19.3 Å². The summed E-state index contributed by atoms with van der Waals surface area (Å²) < 4.78 is 1.65. The number of hydrogen-bond donors (Lipinski definition) is 1. The van der Waals surface area contributed by atoms with E-state index < -0.39 is 18.4 Å². The van der Waals surface area contributed by atoms with Crippen molar-refractivity contribution >= 4 is 57.7 Å². The van der Waals surface area contributed by atoms with Crippen LogP contribution >= 0.6 is 24.0 Å². The molecule has 2 aliphatic rings. The number of amides is 1. The topological polar surface area (TPSA) is 95.2 Å². The molecule has 2 aromatic heterocycles. The number of carbonyl (C=O) groups is 2. The van der Waals surface area contributed by atoms with Crippen LogP contribution in [-0.2, 0) is 9.59 Å². The van der Waals surface area contributed by atoms with Crippen molar-refractivity contribution in [2.75, 3.05) is 24.5 Å². The van der Waals surface area contributed by atoms with Crippen molar-refractivity contribution in [1.82, 2.24) is 14.3 Å². The molecule has 0 radical (unpaired) electrons. The number of thioether (sulfide) groups is 1. The molecule has 0 unspecified atom stereocenters. The predicted molar refractivity (Wildman–Crippen MR) is 129 cm³/mol. The molecule has 4 heterocycles. The highest BCUT2D eigenvalue weighted by Crippen LogP contribution is 2.34. The van der Waals surface area contributed by atoms with Crippen molar-refractivity contribution in [3.05, 3.63) is 44.7 Å². The molecule has 32 heavy (non-hydrogen) atoms. The van der Waals surface area contributed by atoms with E-state index in [1.54, 1.807) is 12.3 Å². The maximum absolute atomic E-state index is 13.5. The van der Waals surface area contributed by atoms with E-state index in [0.29, 0.717) is 28.9 Å². The second-order valence-corrected chi connectivity index (χ2v) is 10.2. The third kappa shape index (κ3) is 4.16. The van der Waals surface area contributed by atoms with Crippen LogP contribution in [0.4, 0.5) is 5.82 Å². The largest absolute Gasteiger partial charge is 0.480 e. The van der Waals surface area contributed by atoms with Gasteiger partial charge in [-0.2, -0.15) is 0 Å². The number of nitrogens with zero attached hydrogens (tertiary/aromatic N) is 4. The minimum Gasteiger partial charge on any atom is -0.480 e. The lowest BCUT2D eigenvalue weighted by Crippen LogP contribution is -2.40. The third-order valence-corrected chi connectivity index (χ3v) is 7.05. The Morgan fingerprint density at radius 3 is 2.66 bits per heavy atom. The van der Waals surface area contributed by atoms with E-state index in [0.717, 1.165) is 41.7 Å². The van der Waals surface area contributed by atoms with Gasteiger partial charge >= 0.3 is 5.97 Å². The van der Waals surface area contributed by atoms with Gasteiger partial charge < -0.3 is 10.0 Å². The lowest BCUT2D eigenvalue weighted by atomic mass is 9.91. The predicted octanol–water partition coefficient (Wildman–Crippen LogP) is 2.77. The number of aliphatic carboxylic acids is 1. The summed E-state index contributed by atoms with van der Waals surface area (Å²) in [6.45, 7) is 7.28. The first-order chi connectivity index (χ1) is 15.2. The number of carbonyl (C=O) groups excluding carboxylic acids is 1. The molecule has 10 heteroatoms. The molecule has 2 fully saturated rings. The van der Waals surface area contributed by atoms with Gasteiger partial charge in [0.15, 0.2) is 0 Å². The van der Waals surface area contributed by atoms with Crippen LogP contribution in [0, 0.1) is 18.8 Å². The molecule has 0 saturated carbocycles. The molecule has 2 saturated heterocycles. The summed E-state index contributed by atoms with van der Waals surface area (Å²) in [6.07, 6.45) is 4.28. The first kappa shape index (κ1) is 22.5. The molecule has 168 valence electrons. The van der Waals surface area contributed by atoms with Crippen molar-refractivity contribution in [1.29, 1.82) is 0 Å². The fourth-order valence-corrected chi connectivity index (χ4v) is 5.64. The van der Waals surface area contributed by atoms with Gasteiger partial charge in [0.25, 0.3) is 11.5 Å². The monoisotopic (exact) mass is 472 g/mol. The van der Waals surface area contributed by atoms with Gasteiger partial charge in [0.2, 0.25) is 0 Å². The number of thiocarbonyl (C=S) groups is 1. The summed E-state index contributed by atoms with van der Waals surface area (Å²) in [6, 6.07) is 3.69. The second-order valence-electron chi connectivity index (χ2n) is 8.55. The molecule has 4 rings (SSSR count). The Kier molecular flexibility index (Phi) is 6.09. The number of aryl methyl sites for hydroxylation is 1. The highest BCUT2D eigenvalue weighted by Gasteiger charge is 2.34. The van der Waals surface area contributed by atoms with Crippen LogP contribution in [0.15, 0.2) is 28.0 Å². The van der Waals surface area contributed by atoms with Crippen LogP contribution in [0.1, 0.15) is 31.4 Å². The second kappa shape index (κ2) is 8.67. The Labute approximate surface area is 194 Å². The van der Waals surface area contributed by atoms with Gasteiger partial charge in [-0.1, -0.05) is 43.9 Å². The van der Waals surface area contributed by atoms with E-state index in [-0.39, 0.29) is 14.8 Å². The lowest BCUT2D eigenvalue weighted by molar-refractivity contribution is -0.140. The molecule has 8 nitrogen and oxygen atoms in total. The van der Waals surface area contributed by atoms with Gasteiger partial charge in [0.05, 0.1) is 10.5 Å². The van der Waals surface area contributed by atoms with Crippen LogP contribution < -0.4 is 10.5 Å². The first-order valence-electron chi connectivity index (χ1n) is 10.4. The number of fused-ring (bicyclic) bond motifs is 1. The Hall–Kier alpha value is -2.72. The van der Waals surface area contributed by atoms with Crippen molar-refractivity contribution in [3.63, 3.8) is 0 Å². The van der Waals surface area contributed by atoms with E-state index in [9.17, 15) is 14.4 Å². The summed E-state index contributed by atoms with van der Waals surface area (Å²) in [5, 5.41) is 9.09. The Balaban J connectivity index is 1.88. The fourth-order valence-electron chi connectivity index (χ4n) is 4.41. The minimum atomic E-state index is -1.15. The molecule has 1 N–H and O–H groups in total. The number of carboxylic acids is 1. The van der Waals surface area contributed by atoms with Crippen LogP contribution in [0.2, 0.25) is 0 Å². The fraction of sp³-hybridized carbons (Fsp3) is 0.409. The van der Waals surface area contributed by atoms with Crippen molar-refractivity contribution < 1.29 is 14.7 Å². The van der Waals surface area contributed by atoms with Gasteiger partial charge in [-0.3, -0.25) is 23.7 Å². The van der Waals surface area contributed by atoms with Gasteiger partial charge in [-0.15, -0.1) is 0 Å². The number of piperidine rings is 1. The van der Waals surface area contributed by atoms with E-state index in [1.165, 1.54) is 10.5 Å². The summed E-state index contributed by atoms with van der Waals surface area (Å²) in [5.41, 5.74) is 1.49. The van der Waals surface area contributed by atoms with E-state index >= 15 is 0 Å². The Bertz CT molecular complexity index is 1210. The van der Waals surface area contributed by atoms with Crippen LogP contribution in [0.3, 0.4) is 0 Å². The zero-order chi connectivity index (χ0) is 23.2. The van der Waals surface area contributed by atoms with E-state index in [4.69, 9.17) is 22.3 Å². The molecule has 2 atom stereocenters. The number of rotatable bonds is 4. The quantitative estimate of drug-likeness (QED) is 0.536. The summed E-state index contributed by atoms with van der Waals surface area (Å²) in [5.74, 6) is -0.230. The molecular formula is C22H24N4O4S2. The highest BCUT2D eigenvalue weighted by atomic mass is 32.2. The number of pyridine rings is 1. The lowest BCUT2D eigenvalue weighted by Gasteiger charge is -2.36. The summed E-state index contributed by atoms with van der Waals surface area (Å²) in [7, 11) is 0. The van der Waals surface area contributed by atoms with E-state index in [2.05, 4.69) is 18.7 Å². The maximum Gasteiger partial charge on any atom is 0.323 e. The molecule has 2 aromatic rings. The number of hydrogen-bond acceptors (Lipinski definition) is 7. The number of anilines is 1. The zero-order valence-electron chi connectivity index (χ0n) is 18.1. The molecule has 2 aliphatic heterocycles. The molecule has 0 spiro atoms. The molecule has 0 bridgehead atoms.